The molecule has 0 unspecified atom stereocenters. The summed E-state index contributed by atoms with van der Waals surface area (Å²) in [5, 5.41) is 12.5. The maximum absolute atomic E-state index is 12.1. The first-order valence-corrected chi connectivity index (χ1v) is 8.78. The molecule has 26 heavy (non-hydrogen) atoms. The fourth-order valence-electron chi connectivity index (χ4n) is 2.26. The zero-order valence-corrected chi connectivity index (χ0v) is 15.2. The van der Waals surface area contributed by atoms with Crippen LogP contribution in [0.2, 0.25) is 0 Å². The number of aromatic nitrogens is 3. The van der Waals surface area contributed by atoms with E-state index in [1.165, 1.54) is 11.3 Å². The van der Waals surface area contributed by atoms with Crippen molar-refractivity contribution in [2.45, 2.75) is 6.42 Å². The van der Waals surface area contributed by atoms with E-state index in [2.05, 4.69) is 20.7 Å². The Kier molecular flexibility index (Phi) is 5.69. The molecular formula is C17H19N5O3S. The van der Waals surface area contributed by atoms with Gasteiger partial charge in [-0.1, -0.05) is 0 Å². The number of amides is 2. The second-order valence-corrected chi connectivity index (χ2v) is 6.14. The number of hydrogen-bond acceptors (Lipinski definition) is 6. The van der Waals surface area contributed by atoms with Crippen LogP contribution in [0.3, 0.4) is 0 Å². The zero-order valence-electron chi connectivity index (χ0n) is 14.4. The third-order valence-electron chi connectivity index (χ3n) is 3.52. The maximum atomic E-state index is 12.1. The normalized spacial score (nSPS) is 10.4. The van der Waals surface area contributed by atoms with E-state index in [9.17, 15) is 4.79 Å². The van der Waals surface area contributed by atoms with Crippen molar-refractivity contribution in [1.29, 1.82) is 0 Å². The molecule has 1 aromatic carbocycles. The van der Waals surface area contributed by atoms with E-state index in [4.69, 9.17) is 9.47 Å². The molecule has 8 nitrogen and oxygen atoms in total. The van der Waals surface area contributed by atoms with E-state index in [0.29, 0.717) is 30.2 Å². The van der Waals surface area contributed by atoms with Crippen molar-refractivity contribution >= 4 is 23.1 Å². The van der Waals surface area contributed by atoms with Crippen LogP contribution < -0.4 is 20.1 Å². The van der Waals surface area contributed by atoms with Crippen LogP contribution in [-0.4, -0.2) is 41.6 Å². The first-order valence-electron chi connectivity index (χ1n) is 7.90. The second-order valence-electron chi connectivity index (χ2n) is 5.30. The highest BCUT2D eigenvalue weighted by molar-refractivity contribution is 7.12. The summed E-state index contributed by atoms with van der Waals surface area (Å²) < 4.78 is 12.1. The predicted molar refractivity (Wildman–Crippen MR) is 99.5 cm³/mol. The van der Waals surface area contributed by atoms with Crippen LogP contribution in [0.1, 0.15) is 5.69 Å². The molecule has 0 fully saturated rings. The summed E-state index contributed by atoms with van der Waals surface area (Å²) in [5.74, 6) is 1.21. The van der Waals surface area contributed by atoms with E-state index >= 15 is 0 Å². The van der Waals surface area contributed by atoms with E-state index in [0.717, 1.165) is 10.8 Å². The molecule has 0 radical (unpaired) electrons. The fourth-order valence-corrected chi connectivity index (χ4v) is 3.06. The van der Waals surface area contributed by atoms with Crippen molar-refractivity contribution in [3.63, 3.8) is 0 Å². The number of hydrogen-bond donors (Lipinski definition) is 2. The lowest BCUT2D eigenvalue weighted by atomic mass is 10.3. The van der Waals surface area contributed by atoms with Gasteiger partial charge in [0.2, 0.25) is 5.13 Å². The Morgan fingerprint density at radius 2 is 2.00 bits per heavy atom. The number of urea groups is 1. The average Bonchev–Trinajstić information content (AvgIpc) is 3.32. The number of carbonyl (C=O) groups excluding carboxylic acids is 1. The van der Waals surface area contributed by atoms with Gasteiger partial charge in [-0.3, -0.25) is 0 Å². The van der Waals surface area contributed by atoms with Gasteiger partial charge in [0, 0.05) is 54.6 Å². The van der Waals surface area contributed by atoms with Gasteiger partial charge in [-0.2, -0.15) is 5.10 Å². The number of nitrogens with zero attached hydrogens (tertiary/aromatic N) is 3. The minimum atomic E-state index is -0.303. The van der Waals surface area contributed by atoms with Crippen LogP contribution >= 0.6 is 11.3 Å². The Labute approximate surface area is 154 Å². The quantitative estimate of drug-likeness (QED) is 0.665. The van der Waals surface area contributed by atoms with Crippen molar-refractivity contribution in [2.75, 3.05) is 26.1 Å². The molecule has 0 saturated heterocycles. The van der Waals surface area contributed by atoms with Gasteiger partial charge in [-0.15, -0.1) is 11.3 Å². The summed E-state index contributed by atoms with van der Waals surface area (Å²) in [6.45, 7) is 0.467. The first kappa shape index (κ1) is 17.7. The number of ether oxygens (including phenoxy) is 2. The molecule has 2 amide bonds. The molecule has 2 heterocycles. The van der Waals surface area contributed by atoms with Gasteiger partial charge >= 0.3 is 6.03 Å². The van der Waals surface area contributed by atoms with E-state index < -0.39 is 0 Å². The van der Waals surface area contributed by atoms with E-state index in [-0.39, 0.29) is 6.03 Å². The number of anilines is 1. The molecule has 0 spiro atoms. The van der Waals surface area contributed by atoms with Crippen LogP contribution in [0, 0.1) is 0 Å². The van der Waals surface area contributed by atoms with Crippen LogP contribution in [0.25, 0.3) is 5.13 Å². The molecular weight excluding hydrogens is 354 g/mol. The van der Waals surface area contributed by atoms with E-state index in [1.54, 1.807) is 43.3 Å². The summed E-state index contributed by atoms with van der Waals surface area (Å²) in [6, 6.07) is 6.73. The highest BCUT2D eigenvalue weighted by atomic mass is 32.1. The Morgan fingerprint density at radius 3 is 2.65 bits per heavy atom. The Balaban J connectivity index is 1.50. The lowest BCUT2D eigenvalue weighted by molar-refractivity contribution is 0.252. The van der Waals surface area contributed by atoms with Crippen LogP contribution in [0.4, 0.5) is 10.5 Å². The number of carbonyl (C=O) groups is 1. The lowest BCUT2D eigenvalue weighted by Crippen LogP contribution is -2.30. The van der Waals surface area contributed by atoms with Crippen molar-refractivity contribution in [1.82, 2.24) is 20.1 Å². The summed E-state index contributed by atoms with van der Waals surface area (Å²) in [7, 11) is 3.12. The summed E-state index contributed by atoms with van der Waals surface area (Å²) in [5.41, 5.74) is 1.50. The molecule has 136 valence electrons. The zero-order chi connectivity index (χ0) is 18.4. The highest BCUT2D eigenvalue weighted by Crippen LogP contribution is 2.25. The van der Waals surface area contributed by atoms with Gasteiger partial charge in [-0.25, -0.2) is 14.5 Å². The fraction of sp³-hybridized carbons (Fsp3) is 0.235. The summed E-state index contributed by atoms with van der Waals surface area (Å²) >= 11 is 1.51. The molecule has 0 bridgehead atoms. The smallest absolute Gasteiger partial charge is 0.319 e. The molecule has 0 aliphatic rings. The monoisotopic (exact) mass is 373 g/mol. The summed E-state index contributed by atoms with van der Waals surface area (Å²) in [4.78, 5) is 16.6. The number of rotatable bonds is 7. The maximum Gasteiger partial charge on any atom is 0.319 e. The van der Waals surface area contributed by atoms with Crippen LogP contribution in [0.5, 0.6) is 11.5 Å². The predicted octanol–water partition coefficient (Wildman–Crippen LogP) is 2.71. The van der Waals surface area contributed by atoms with Gasteiger partial charge in [0.15, 0.2) is 0 Å². The minimum Gasteiger partial charge on any atom is -0.497 e. The second kappa shape index (κ2) is 8.34. The van der Waals surface area contributed by atoms with Crippen LogP contribution in [-0.2, 0) is 6.42 Å². The third kappa shape index (κ3) is 4.51. The molecule has 3 aromatic rings. The van der Waals surface area contributed by atoms with E-state index in [1.807, 2.05) is 17.6 Å². The van der Waals surface area contributed by atoms with Gasteiger partial charge in [0.25, 0.3) is 0 Å². The van der Waals surface area contributed by atoms with Crippen molar-refractivity contribution in [2.24, 2.45) is 0 Å². The number of methoxy groups -OCH3 is 2. The largest absolute Gasteiger partial charge is 0.497 e. The van der Waals surface area contributed by atoms with Gasteiger partial charge in [0.1, 0.15) is 11.5 Å². The topological polar surface area (TPSA) is 90.3 Å². The number of nitrogens with one attached hydrogen (secondary N) is 2. The number of benzene rings is 1. The standard InChI is InChI=1S/C17H19N5O3S/c1-24-14-8-13(9-15(10-14)25-2)20-16(23)18-6-4-12-11-26-17(21-12)22-7-3-5-19-22/h3,5,7-11H,4,6H2,1-2H3,(H2,18,20,23). The highest BCUT2D eigenvalue weighted by Gasteiger charge is 2.07. The molecule has 3 rings (SSSR count). The average molecular weight is 373 g/mol. The van der Waals surface area contributed by atoms with Gasteiger partial charge in [0.05, 0.1) is 19.9 Å². The third-order valence-corrected chi connectivity index (χ3v) is 4.40. The Hall–Kier alpha value is -3.07. The molecule has 9 heteroatoms. The van der Waals surface area contributed by atoms with Crippen molar-refractivity contribution in [3.8, 4) is 16.6 Å². The lowest BCUT2D eigenvalue weighted by Gasteiger charge is -2.10. The van der Waals surface area contributed by atoms with Gasteiger partial charge < -0.3 is 20.1 Å². The number of thiazole rings is 1. The first-order chi connectivity index (χ1) is 12.7. The molecule has 2 N–H and O–H groups in total. The molecule has 0 aliphatic heterocycles. The molecule has 0 atom stereocenters. The molecule has 2 aromatic heterocycles. The van der Waals surface area contributed by atoms with Crippen molar-refractivity contribution < 1.29 is 14.3 Å². The molecule has 0 saturated carbocycles. The summed E-state index contributed by atoms with van der Waals surface area (Å²) in [6.07, 6.45) is 4.18. The van der Waals surface area contributed by atoms with Gasteiger partial charge in [-0.05, 0) is 6.07 Å². The minimum absolute atomic E-state index is 0.303. The SMILES string of the molecule is COc1cc(NC(=O)NCCc2csc(-n3cccn3)n2)cc(OC)c1. The van der Waals surface area contributed by atoms with Crippen LogP contribution in [0.15, 0.2) is 42.0 Å². The Bertz CT molecular complexity index is 841. The van der Waals surface area contributed by atoms with Crippen molar-refractivity contribution in [3.05, 3.63) is 47.7 Å². The Morgan fingerprint density at radius 1 is 1.23 bits per heavy atom. The molecule has 0 aliphatic carbocycles.